The topological polar surface area (TPSA) is 30.7 Å². The number of nitrogens with zero attached hydrogens (tertiary/aromatic N) is 3. The third kappa shape index (κ3) is 4.21. The largest absolute Gasteiger partial charge is 0.292 e. The predicted molar refractivity (Wildman–Crippen MR) is 188 cm³/mol. The number of fused-ring (bicyclic) bond motifs is 5. The summed E-state index contributed by atoms with van der Waals surface area (Å²) in [5, 5.41) is 4.43. The van der Waals surface area contributed by atoms with Crippen LogP contribution in [0.2, 0.25) is 0 Å². The molecular formula is C42H27N3. The van der Waals surface area contributed by atoms with E-state index >= 15 is 0 Å². The van der Waals surface area contributed by atoms with E-state index in [2.05, 4.69) is 77.4 Å². The number of aromatic nitrogens is 3. The van der Waals surface area contributed by atoms with Crippen LogP contribution in [0.3, 0.4) is 0 Å². The summed E-state index contributed by atoms with van der Waals surface area (Å²) in [6.45, 7) is 0. The van der Waals surface area contributed by atoms with Crippen LogP contribution in [0.25, 0.3) is 82.9 Å². The molecule has 9 rings (SSSR count). The Morgan fingerprint density at radius 1 is 0.489 bits per heavy atom. The van der Waals surface area contributed by atoms with E-state index in [1.807, 2.05) is 48.5 Å². The first kappa shape index (κ1) is 20.8. The van der Waals surface area contributed by atoms with Crippen LogP contribution in [0.15, 0.2) is 164 Å². The second kappa shape index (κ2) is 10.3. The number of rotatable bonds is 4. The minimum absolute atomic E-state index is 0.129. The zero-order valence-corrected chi connectivity index (χ0v) is 24.0. The van der Waals surface area contributed by atoms with Crippen LogP contribution in [0.5, 0.6) is 0 Å². The molecule has 2 aromatic heterocycles. The molecule has 2 heterocycles. The van der Waals surface area contributed by atoms with Crippen molar-refractivity contribution in [3.05, 3.63) is 164 Å². The van der Waals surface area contributed by atoms with E-state index in [0.29, 0.717) is 28.1 Å². The Bertz CT molecular complexity index is 2780. The predicted octanol–water partition coefficient (Wildman–Crippen LogP) is 10.9. The molecule has 0 bridgehead atoms. The first-order chi connectivity index (χ1) is 24.4. The van der Waals surface area contributed by atoms with Gasteiger partial charge >= 0.3 is 0 Å². The molecule has 0 aliphatic heterocycles. The molecular weight excluding hydrogens is 546 g/mol. The minimum atomic E-state index is -0.423. The second-order valence-corrected chi connectivity index (χ2v) is 11.1. The van der Waals surface area contributed by atoms with Crippen LogP contribution in [-0.2, 0) is 0 Å². The molecule has 0 spiro atoms. The van der Waals surface area contributed by atoms with Gasteiger partial charge in [-0.1, -0.05) is 133 Å². The lowest BCUT2D eigenvalue weighted by molar-refractivity contribution is 1.08. The van der Waals surface area contributed by atoms with Gasteiger partial charge in [0.25, 0.3) is 0 Å². The summed E-state index contributed by atoms with van der Waals surface area (Å²) < 4.78 is 44.0. The normalized spacial score (nSPS) is 13.1. The Morgan fingerprint density at radius 2 is 1.20 bits per heavy atom. The maximum absolute atomic E-state index is 8.61. The summed E-state index contributed by atoms with van der Waals surface area (Å²) in [4.78, 5) is 10.5. The van der Waals surface area contributed by atoms with Gasteiger partial charge in [0.1, 0.15) is 5.69 Å². The van der Waals surface area contributed by atoms with Gasteiger partial charge < -0.3 is 0 Å². The fourth-order valence-corrected chi connectivity index (χ4v) is 6.38. The molecule has 0 aliphatic carbocycles. The maximum Gasteiger partial charge on any atom is 0.165 e. The summed E-state index contributed by atoms with van der Waals surface area (Å²) in [5.41, 5.74) is 7.55. The smallest absolute Gasteiger partial charge is 0.165 e. The summed E-state index contributed by atoms with van der Waals surface area (Å²) >= 11 is 0. The Labute approximate surface area is 267 Å². The van der Waals surface area contributed by atoms with Gasteiger partial charge in [-0.25, -0.2) is 9.97 Å². The zero-order chi connectivity index (χ0) is 34.1. The molecule has 45 heavy (non-hydrogen) atoms. The Hall–Kier alpha value is -6.06. The van der Waals surface area contributed by atoms with Crippen molar-refractivity contribution in [2.45, 2.75) is 0 Å². The van der Waals surface area contributed by atoms with Gasteiger partial charge in [0.05, 0.1) is 28.9 Å². The number of benzene rings is 7. The lowest BCUT2D eigenvalue weighted by Gasteiger charge is -2.15. The summed E-state index contributed by atoms with van der Waals surface area (Å²) in [5.74, 6) is 0.627. The van der Waals surface area contributed by atoms with Gasteiger partial charge in [-0.2, -0.15) is 0 Å². The molecule has 0 saturated carbocycles. The average Bonchev–Trinajstić information content (AvgIpc) is 3.48. The van der Waals surface area contributed by atoms with Crippen molar-refractivity contribution in [1.29, 1.82) is 0 Å². The molecule has 0 radical (unpaired) electrons. The highest BCUT2D eigenvalue weighted by molar-refractivity contribution is 6.18. The molecule has 3 nitrogen and oxygen atoms in total. The fourth-order valence-electron chi connectivity index (χ4n) is 6.38. The van der Waals surface area contributed by atoms with Crippen LogP contribution in [0.1, 0.15) is 6.85 Å². The highest BCUT2D eigenvalue weighted by Gasteiger charge is 2.21. The average molecular weight is 579 g/mol. The van der Waals surface area contributed by atoms with Crippen molar-refractivity contribution < 1.29 is 6.85 Å². The van der Waals surface area contributed by atoms with Crippen molar-refractivity contribution in [2.24, 2.45) is 0 Å². The van der Waals surface area contributed by atoms with Gasteiger partial charge in [0.2, 0.25) is 0 Å². The molecule has 0 saturated heterocycles. The first-order valence-corrected chi connectivity index (χ1v) is 14.9. The molecule has 0 fully saturated rings. The monoisotopic (exact) mass is 578 g/mol. The minimum Gasteiger partial charge on any atom is -0.292 e. The zero-order valence-electron chi connectivity index (χ0n) is 29.0. The standard InChI is InChI=1S/C42H27N3/c1-4-13-28(14-5-1)33-23-24-36-37(26-33)44-42(41(43-36)30-17-8-3-9-18-30)45-38-22-12-21-34(29-15-6-2-7-16-29)40(38)35-25-31-19-10-11-20-32(31)27-39(35)45/h1-27H/i1D,4D,5D,13D,14D. The maximum atomic E-state index is 8.61. The Kier molecular flexibility index (Phi) is 4.75. The molecule has 0 unspecified atom stereocenters. The molecule has 3 heteroatoms. The summed E-state index contributed by atoms with van der Waals surface area (Å²) in [6, 6.07) is 43.2. The number of hydrogen-bond acceptors (Lipinski definition) is 2. The Balaban J connectivity index is 1.41. The van der Waals surface area contributed by atoms with Gasteiger partial charge in [-0.3, -0.25) is 4.57 Å². The summed E-state index contributed by atoms with van der Waals surface area (Å²) in [7, 11) is 0. The van der Waals surface area contributed by atoms with Crippen molar-refractivity contribution in [3.63, 3.8) is 0 Å². The van der Waals surface area contributed by atoms with E-state index in [4.69, 9.17) is 16.8 Å². The van der Waals surface area contributed by atoms with Gasteiger partial charge in [0, 0.05) is 16.3 Å². The lowest BCUT2D eigenvalue weighted by Crippen LogP contribution is -2.04. The Morgan fingerprint density at radius 3 is 1.98 bits per heavy atom. The van der Waals surface area contributed by atoms with E-state index in [-0.39, 0.29) is 29.7 Å². The molecule has 7 aromatic carbocycles. The first-order valence-electron chi connectivity index (χ1n) is 17.4. The van der Waals surface area contributed by atoms with Crippen LogP contribution in [0.4, 0.5) is 0 Å². The molecule has 0 atom stereocenters. The second-order valence-electron chi connectivity index (χ2n) is 11.1. The lowest BCUT2D eigenvalue weighted by atomic mass is 9.98. The van der Waals surface area contributed by atoms with Crippen LogP contribution < -0.4 is 0 Å². The van der Waals surface area contributed by atoms with E-state index in [1.165, 1.54) is 0 Å². The van der Waals surface area contributed by atoms with E-state index < -0.39 is 6.04 Å². The van der Waals surface area contributed by atoms with Crippen molar-refractivity contribution in [3.8, 4) is 39.3 Å². The summed E-state index contributed by atoms with van der Waals surface area (Å²) in [6.07, 6.45) is 0. The van der Waals surface area contributed by atoms with E-state index in [9.17, 15) is 0 Å². The van der Waals surface area contributed by atoms with Crippen LogP contribution in [0, 0.1) is 0 Å². The fraction of sp³-hybridized carbons (Fsp3) is 0. The SMILES string of the molecule is [2H]c1c([2H])c([2H])c(-c2ccc3nc(-c4ccccc4)c(-n4c5cc6ccccc6cc5c5c(-c6ccccc6)cccc54)nc3c2)c([2H])c1[2H]. The highest BCUT2D eigenvalue weighted by atomic mass is 15.1. The van der Waals surface area contributed by atoms with Crippen LogP contribution >= 0.6 is 0 Å². The van der Waals surface area contributed by atoms with Crippen molar-refractivity contribution in [2.75, 3.05) is 0 Å². The van der Waals surface area contributed by atoms with Gasteiger partial charge in [0.15, 0.2) is 5.82 Å². The highest BCUT2D eigenvalue weighted by Crippen LogP contribution is 2.41. The van der Waals surface area contributed by atoms with E-state index in [1.54, 1.807) is 12.1 Å². The number of hydrogen-bond donors (Lipinski definition) is 0. The van der Waals surface area contributed by atoms with E-state index in [0.717, 1.165) is 49.3 Å². The molecule has 210 valence electrons. The molecule has 0 aliphatic rings. The molecule has 0 N–H and O–H groups in total. The van der Waals surface area contributed by atoms with Crippen molar-refractivity contribution >= 4 is 43.6 Å². The third-order valence-corrected chi connectivity index (χ3v) is 8.44. The quantitative estimate of drug-likeness (QED) is 0.208. The molecule has 9 aromatic rings. The van der Waals surface area contributed by atoms with Gasteiger partial charge in [-0.05, 0) is 63.4 Å². The van der Waals surface area contributed by atoms with Gasteiger partial charge in [-0.15, -0.1) is 0 Å². The van der Waals surface area contributed by atoms with Crippen molar-refractivity contribution in [1.82, 2.24) is 14.5 Å². The van der Waals surface area contributed by atoms with Crippen LogP contribution in [-0.4, -0.2) is 14.5 Å². The molecule has 0 amide bonds. The third-order valence-electron chi connectivity index (χ3n) is 8.44.